The second-order valence-electron chi connectivity index (χ2n) is 4.71. The maximum absolute atomic E-state index is 5.92. The van der Waals surface area contributed by atoms with E-state index >= 15 is 0 Å². The van der Waals surface area contributed by atoms with Gasteiger partial charge in [0.1, 0.15) is 5.75 Å². The van der Waals surface area contributed by atoms with Gasteiger partial charge in [-0.05, 0) is 50.5 Å². The second kappa shape index (κ2) is 5.41. The van der Waals surface area contributed by atoms with Crippen LogP contribution >= 0.6 is 0 Å². The van der Waals surface area contributed by atoms with Crippen LogP contribution in [0.5, 0.6) is 5.75 Å². The molecule has 17 heavy (non-hydrogen) atoms. The van der Waals surface area contributed by atoms with Gasteiger partial charge in [0.15, 0.2) is 0 Å². The van der Waals surface area contributed by atoms with E-state index in [9.17, 15) is 0 Å². The van der Waals surface area contributed by atoms with E-state index in [1.165, 1.54) is 11.3 Å². The van der Waals surface area contributed by atoms with Gasteiger partial charge in [-0.1, -0.05) is 0 Å². The fourth-order valence-electron chi connectivity index (χ4n) is 2.31. The predicted octanol–water partition coefficient (Wildman–Crippen LogP) is 2.32. The summed E-state index contributed by atoms with van der Waals surface area (Å²) in [5.74, 6) is 0.991. The molecule has 94 valence electrons. The van der Waals surface area contributed by atoms with Crippen LogP contribution in [-0.4, -0.2) is 25.7 Å². The van der Waals surface area contributed by atoms with Gasteiger partial charge >= 0.3 is 0 Å². The summed E-state index contributed by atoms with van der Waals surface area (Å²) in [6.45, 7) is 6.96. The number of piperidine rings is 1. The maximum Gasteiger partial charge on any atom is 0.122 e. The lowest BCUT2D eigenvalue weighted by Crippen LogP contribution is -2.39. The molecule has 2 N–H and O–H groups in total. The lowest BCUT2D eigenvalue weighted by atomic mass is 10.0. The summed E-state index contributed by atoms with van der Waals surface area (Å²) in [6, 6.07) is 6.81. The number of nitrogens with zero attached hydrogens (tertiary/aromatic N) is 1. The van der Waals surface area contributed by atoms with Crippen molar-refractivity contribution in [3.63, 3.8) is 0 Å². The van der Waals surface area contributed by atoms with Crippen molar-refractivity contribution in [3.8, 4) is 5.75 Å². The highest BCUT2D eigenvalue weighted by Gasteiger charge is 2.16. The lowest BCUT2D eigenvalue weighted by molar-refractivity contribution is 0.338. The van der Waals surface area contributed by atoms with E-state index in [0.717, 1.165) is 38.3 Å². The number of aryl methyl sites for hydroxylation is 1. The zero-order chi connectivity index (χ0) is 12.3. The van der Waals surface area contributed by atoms with Crippen LogP contribution in [0.2, 0.25) is 0 Å². The molecule has 1 fully saturated rings. The smallest absolute Gasteiger partial charge is 0.122 e. The topological polar surface area (TPSA) is 38.5 Å². The van der Waals surface area contributed by atoms with Gasteiger partial charge < -0.3 is 15.4 Å². The molecule has 1 aromatic carbocycles. The van der Waals surface area contributed by atoms with E-state index in [1.807, 2.05) is 6.92 Å². The summed E-state index contributed by atoms with van der Waals surface area (Å²) in [7, 11) is 0. The van der Waals surface area contributed by atoms with Crippen molar-refractivity contribution in [1.29, 1.82) is 0 Å². The molecule has 0 saturated carbocycles. The first-order chi connectivity index (χ1) is 8.20. The van der Waals surface area contributed by atoms with E-state index in [4.69, 9.17) is 10.5 Å². The number of benzene rings is 1. The second-order valence-corrected chi connectivity index (χ2v) is 4.71. The van der Waals surface area contributed by atoms with Crippen LogP contribution in [-0.2, 0) is 0 Å². The largest absolute Gasteiger partial charge is 0.494 e. The molecule has 0 unspecified atom stereocenters. The van der Waals surface area contributed by atoms with E-state index in [-0.39, 0.29) is 0 Å². The first kappa shape index (κ1) is 12.2. The Morgan fingerprint density at radius 3 is 2.65 bits per heavy atom. The van der Waals surface area contributed by atoms with E-state index in [0.29, 0.717) is 6.04 Å². The van der Waals surface area contributed by atoms with Gasteiger partial charge in [-0.2, -0.15) is 0 Å². The standard InChI is InChI=1S/C14H22N2O/c1-3-17-14-5-4-13(10-11(14)2)16-8-6-12(15)7-9-16/h4-5,10,12H,3,6-9,15H2,1-2H3. The molecule has 0 aliphatic carbocycles. The minimum absolute atomic E-state index is 0.384. The summed E-state index contributed by atoms with van der Waals surface area (Å²) in [4.78, 5) is 2.41. The Labute approximate surface area is 104 Å². The third kappa shape index (κ3) is 2.91. The molecule has 1 aliphatic rings. The molecule has 3 heteroatoms. The van der Waals surface area contributed by atoms with Gasteiger partial charge in [-0.15, -0.1) is 0 Å². The summed E-state index contributed by atoms with van der Waals surface area (Å²) < 4.78 is 5.56. The lowest BCUT2D eigenvalue weighted by Gasteiger charge is -2.32. The van der Waals surface area contributed by atoms with E-state index in [1.54, 1.807) is 0 Å². The molecule has 0 spiro atoms. The minimum Gasteiger partial charge on any atom is -0.494 e. The van der Waals surface area contributed by atoms with E-state index in [2.05, 4.69) is 30.0 Å². The summed E-state index contributed by atoms with van der Waals surface area (Å²) in [6.07, 6.45) is 2.18. The Balaban J connectivity index is 2.09. The fourth-order valence-corrected chi connectivity index (χ4v) is 2.31. The Morgan fingerprint density at radius 1 is 1.35 bits per heavy atom. The molecule has 0 atom stereocenters. The molecule has 0 aromatic heterocycles. The van der Waals surface area contributed by atoms with Crippen LogP contribution < -0.4 is 15.4 Å². The van der Waals surface area contributed by atoms with Crippen LogP contribution in [0.15, 0.2) is 18.2 Å². The first-order valence-corrected chi connectivity index (χ1v) is 6.44. The Hall–Kier alpha value is -1.22. The third-order valence-corrected chi connectivity index (χ3v) is 3.36. The number of nitrogens with two attached hydrogens (primary N) is 1. The molecule has 0 radical (unpaired) electrons. The normalized spacial score (nSPS) is 17.2. The number of hydrogen-bond donors (Lipinski definition) is 1. The molecular weight excluding hydrogens is 212 g/mol. The quantitative estimate of drug-likeness (QED) is 0.872. The van der Waals surface area contributed by atoms with Crippen LogP contribution in [0.4, 0.5) is 5.69 Å². The van der Waals surface area contributed by atoms with Crippen LogP contribution in [0.3, 0.4) is 0 Å². The fraction of sp³-hybridized carbons (Fsp3) is 0.571. The minimum atomic E-state index is 0.384. The van der Waals surface area contributed by atoms with Crippen molar-refractivity contribution < 1.29 is 4.74 Å². The average Bonchev–Trinajstić information content (AvgIpc) is 2.33. The number of anilines is 1. The van der Waals surface area contributed by atoms with Gasteiger partial charge in [-0.25, -0.2) is 0 Å². The monoisotopic (exact) mass is 234 g/mol. The number of hydrogen-bond acceptors (Lipinski definition) is 3. The summed E-state index contributed by atoms with van der Waals surface area (Å²) >= 11 is 0. The summed E-state index contributed by atoms with van der Waals surface area (Å²) in [5, 5.41) is 0. The Morgan fingerprint density at radius 2 is 2.06 bits per heavy atom. The van der Waals surface area contributed by atoms with Crippen molar-refractivity contribution >= 4 is 5.69 Å². The highest BCUT2D eigenvalue weighted by molar-refractivity contribution is 5.53. The van der Waals surface area contributed by atoms with Crippen molar-refractivity contribution in [2.24, 2.45) is 5.73 Å². The van der Waals surface area contributed by atoms with Gasteiger partial charge in [0.2, 0.25) is 0 Å². The third-order valence-electron chi connectivity index (χ3n) is 3.36. The predicted molar refractivity (Wildman–Crippen MR) is 71.8 cm³/mol. The molecule has 1 heterocycles. The molecule has 2 rings (SSSR count). The molecule has 3 nitrogen and oxygen atoms in total. The first-order valence-electron chi connectivity index (χ1n) is 6.44. The van der Waals surface area contributed by atoms with E-state index < -0.39 is 0 Å². The molecule has 1 saturated heterocycles. The van der Waals surface area contributed by atoms with Crippen LogP contribution in [0, 0.1) is 6.92 Å². The molecular formula is C14H22N2O. The molecule has 1 aliphatic heterocycles. The Kier molecular flexibility index (Phi) is 3.89. The number of rotatable bonds is 3. The SMILES string of the molecule is CCOc1ccc(N2CCC(N)CC2)cc1C. The highest BCUT2D eigenvalue weighted by atomic mass is 16.5. The van der Waals surface area contributed by atoms with Gasteiger partial charge in [-0.3, -0.25) is 0 Å². The van der Waals surface area contributed by atoms with Crippen molar-refractivity contribution in [2.45, 2.75) is 32.7 Å². The zero-order valence-electron chi connectivity index (χ0n) is 10.8. The molecule has 1 aromatic rings. The van der Waals surface area contributed by atoms with Gasteiger partial charge in [0.25, 0.3) is 0 Å². The van der Waals surface area contributed by atoms with Gasteiger partial charge in [0.05, 0.1) is 6.61 Å². The zero-order valence-corrected chi connectivity index (χ0v) is 10.8. The van der Waals surface area contributed by atoms with Gasteiger partial charge in [0, 0.05) is 24.8 Å². The summed E-state index contributed by atoms with van der Waals surface area (Å²) in [5.41, 5.74) is 8.42. The van der Waals surface area contributed by atoms with Crippen molar-refractivity contribution in [2.75, 3.05) is 24.6 Å². The molecule has 0 bridgehead atoms. The molecule has 0 amide bonds. The average molecular weight is 234 g/mol. The van der Waals surface area contributed by atoms with Crippen molar-refractivity contribution in [1.82, 2.24) is 0 Å². The maximum atomic E-state index is 5.92. The van der Waals surface area contributed by atoms with Crippen molar-refractivity contribution in [3.05, 3.63) is 23.8 Å². The number of ether oxygens (including phenoxy) is 1. The Bertz CT molecular complexity index is 370. The highest BCUT2D eigenvalue weighted by Crippen LogP contribution is 2.26. The van der Waals surface area contributed by atoms with Crippen LogP contribution in [0.1, 0.15) is 25.3 Å². The van der Waals surface area contributed by atoms with Crippen LogP contribution in [0.25, 0.3) is 0 Å².